The highest BCUT2D eigenvalue weighted by atomic mass is 16.7. The molecule has 166 valence electrons. The summed E-state index contributed by atoms with van der Waals surface area (Å²) in [5.74, 6) is -1.71. The number of amides is 2. The Kier molecular flexibility index (Phi) is 13.3. The molecule has 10 heteroatoms. The van der Waals surface area contributed by atoms with Crippen LogP contribution in [0.1, 0.15) is 47.0 Å². The van der Waals surface area contributed by atoms with Gasteiger partial charge in [-0.2, -0.15) is 0 Å². The summed E-state index contributed by atoms with van der Waals surface area (Å²) in [6.07, 6.45) is 4.78. The van der Waals surface area contributed by atoms with Crippen LogP contribution in [-0.4, -0.2) is 73.4 Å². The molecular weight excluding hydrogens is 384 g/mol. The van der Waals surface area contributed by atoms with Gasteiger partial charge in [0.05, 0.1) is 12.2 Å². The van der Waals surface area contributed by atoms with E-state index in [2.05, 4.69) is 9.57 Å². The Bertz CT molecular complexity index is 546. The van der Waals surface area contributed by atoms with Gasteiger partial charge in [-0.15, -0.1) is 5.06 Å². The zero-order valence-electron chi connectivity index (χ0n) is 17.8. The second-order valence-electron chi connectivity index (χ2n) is 6.67. The van der Waals surface area contributed by atoms with Crippen LogP contribution in [0, 0.1) is 0 Å². The van der Waals surface area contributed by atoms with Gasteiger partial charge in [0.1, 0.15) is 13.3 Å². The van der Waals surface area contributed by atoms with E-state index in [1.807, 2.05) is 45.0 Å². The maximum Gasteiger partial charge on any atom is 0.358 e. The van der Waals surface area contributed by atoms with Crippen LogP contribution in [0.5, 0.6) is 0 Å². The summed E-state index contributed by atoms with van der Waals surface area (Å²) in [5.41, 5.74) is -0.279. The standard InChI is InChI=1S/C11H21NO3.C8H11NO5/c1-5-7-12(4)9-15-11(2,3)6-8-14-10-13;1-2-13-5-8(12)14-9-6(10)3-4-7(9)11/h5,7,10H,6,8-9H2,1-4H3;2-5H2,1H3. The number of ether oxygens (including phenoxy) is 3. The number of hydroxylamine groups is 2. The average molecular weight is 416 g/mol. The Morgan fingerprint density at radius 2 is 1.86 bits per heavy atom. The normalized spacial score (nSPS) is 13.9. The topological polar surface area (TPSA) is 112 Å². The molecule has 1 aliphatic rings. The van der Waals surface area contributed by atoms with Crippen molar-refractivity contribution in [2.45, 2.75) is 52.6 Å². The quantitative estimate of drug-likeness (QED) is 0.202. The van der Waals surface area contributed by atoms with Crippen LogP contribution in [0.25, 0.3) is 0 Å². The molecule has 0 radical (unpaired) electrons. The molecule has 10 nitrogen and oxygen atoms in total. The van der Waals surface area contributed by atoms with E-state index in [9.17, 15) is 19.2 Å². The third-order valence-electron chi connectivity index (χ3n) is 3.58. The number of imide groups is 1. The molecule has 0 aromatic heterocycles. The summed E-state index contributed by atoms with van der Waals surface area (Å²) in [4.78, 5) is 49.3. The minimum absolute atomic E-state index is 0.0980. The molecule has 0 bridgehead atoms. The highest BCUT2D eigenvalue weighted by molar-refractivity contribution is 6.01. The van der Waals surface area contributed by atoms with Crippen LogP contribution in [0.3, 0.4) is 0 Å². The number of rotatable bonds is 12. The van der Waals surface area contributed by atoms with Crippen molar-refractivity contribution >= 4 is 24.3 Å². The third kappa shape index (κ3) is 12.6. The number of allylic oxidation sites excluding steroid dienone is 1. The monoisotopic (exact) mass is 416 g/mol. The van der Waals surface area contributed by atoms with Crippen molar-refractivity contribution in [1.29, 1.82) is 0 Å². The van der Waals surface area contributed by atoms with E-state index in [4.69, 9.17) is 9.47 Å². The van der Waals surface area contributed by atoms with E-state index in [-0.39, 0.29) is 25.0 Å². The molecule has 1 saturated heterocycles. The number of nitrogens with zero attached hydrogens (tertiary/aromatic N) is 2. The van der Waals surface area contributed by atoms with Gasteiger partial charge in [0.2, 0.25) is 0 Å². The van der Waals surface area contributed by atoms with Gasteiger partial charge in [-0.3, -0.25) is 14.4 Å². The molecule has 29 heavy (non-hydrogen) atoms. The first-order valence-corrected chi connectivity index (χ1v) is 9.33. The molecule has 1 heterocycles. The predicted octanol–water partition coefficient (Wildman–Crippen LogP) is 1.40. The van der Waals surface area contributed by atoms with Crippen LogP contribution >= 0.6 is 0 Å². The van der Waals surface area contributed by atoms with Crippen LogP contribution in [-0.2, 0) is 38.2 Å². The minimum atomic E-state index is -0.740. The number of hydrogen-bond donors (Lipinski definition) is 0. The smallest absolute Gasteiger partial charge is 0.358 e. The van der Waals surface area contributed by atoms with Crippen molar-refractivity contribution in [3.05, 3.63) is 12.3 Å². The van der Waals surface area contributed by atoms with Crippen molar-refractivity contribution < 1.29 is 38.2 Å². The van der Waals surface area contributed by atoms with Crippen LogP contribution in [0.15, 0.2) is 12.3 Å². The van der Waals surface area contributed by atoms with Gasteiger partial charge in [-0.1, -0.05) is 6.08 Å². The van der Waals surface area contributed by atoms with E-state index >= 15 is 0 Å². The van der Waals surface area contributed by atoms with E-state index in [0.29, 0.717) is 37.9 Å². The van der Waals surface area contributed by atoms with Gasteiger partial charge in [-0.25, -0.2) is 4.79 Å². The van der Waals surface area contributed by atoms with Gasteiger partial charge < -0.3 is 23.9 Å². The molecule has 0 saturated carbocycles. The molecular formula is C19H32N2O8. The molecule has 0 aromatic carbocycles. The Hall–Kier alpha value is -2.46. The van der Waals surface area contributed by atoms with E-state index in [0.717, 1.165) is 0 Å². The largest absolute Gasteiger partial charge is 0.468 e. The predicted molar refractivity (Wildman–Crippen MR) is 103 cm³/mol. The highest BCUT2D eigenvalue weighted by Crippen LogP contribution is 2.14. The van der Waals surface area contributed by atoms with E-state index in [1.54, 1.807) is 6.92 Å². The summed E-state index contributed by atoms with van der Waals surface area (Å²) in [5, 5.41) is 0.501. The Balaban J connectivity index is 0.000000541. The summed E-state index contributed by atoms with van der Waals surface area (Å²) in [6, 6.07) is 0. The molecule has 1 aliphatic heterocycles. The SMILES string of the molecule is CC=CN(C)COC(C)(C)CCOC=O.CCOCC(=O)ON1C(=O)CCC1=O. The van der Waals surface area contributed by atoms with E-state index in [1.165, 1.54) is 0 Å². The van der Waals surface area contributed by atoms with E-state index < -0.39 is 17.8 Å². The second-order valence-corrected chi connectivity index (χ2v) is 6.67. The molecule has 1 fully saturated rings. The zero-order chi connectivity index (χ0) is 22.3. The molecule has 0 unspecified atom stereocenters. The highest BCUT2D eigenvalue weighted by Gasteiger charge is 2.32. The lowest BCUT2D eigenvalue weighted by molar-refractivity contribution is -0.200. The lowest BCUT2D eigenvalue weighted by atomic mass is 10.1. The number of carbonyl (C=O) groups is 4. The second kappa shape index (κ2) is 14.5. The van der Waals surface area contributed by atoms with Gasteiger partial charge in [0.25, 0.3) is 18.3 Å². The van der Waals surface area contributed by atoms with Gasteiger partial charge >= 0.3 is 5.97 Å². The van der Waals surface area contributed by atoms with Crippen LogP contribution in [0.4, 0.5) is 0 Å². The first-order chi connectivity index (χ1) is 13.7. The molecule has 0 atom stereocenters. The van der Waals surface area contributed by atoms with Crippen molar-refractivity contribution in [1.82, 2.24) is 9.96 Å². The molecule has 0 spiro atoms. The minimum Gasteiger partial charge on any atom is -0.468 e. The maximum atomic E-state index is 11.0. The summed E-state index contributed by atoms with van der Waals surface area (Å²) < 4.78 is 15.1. The number of carbonyl (C=O) groups excluding carboxylic acids is 4. The Morgan fingerprint density at radius 3 is 2.38 bits per heavy atom. The van der Waals surface area contributed by atoms with Crippen molar-refractivity contribution in [2.75, 3.05) is 33.6 Å². The molecule has 2 amide bonds. The first kappa shape index (κ1) is 26.5. The summed E-state index contributed by atoms with van der Waals surface area (Å²) in [6.45, 7) is 9.13. The van der Waals surface area contributed by atoms with Gasteiger partial charge in [0.15, 0.2) is 0 Å². The van der Waals surface area contributed by atoms with Crippen LogP contribution in [0.2, 0.25) is 0 Å². The average Bonchev–Trinajstić information content (AvgIpc) is 2.98. The molecule has 0 N–H and O–H groups in total. The van der Waals surface area contributed by atoms with Crippen molar-refractivity contribution in [3.63, 3.8) is 0 Å². The zero-order valence-corrected chi connectivity index (χ0v) is 17.8. The Morgan fingerprint density at radius 1 is 1.24 bits per heavy atom. The maximum absolute atomic E-state index is 11.0. The third-order valence-corrected chi connectivity index (χ3v) is 3.58. The number of hydrogen-bond acceptors (Lipinski definition) is 9. The fourth-order valence-electron chi connectivity index (χ4n) is 1.97. The fourth-order valence-corrected chi connectivity index (χ4v) is 1.97. The summed E-state index contributed by atoms with van der Waals surface area (Å²) in [7, 11) is 1.94. The Labute approximate surface area is 171 Å². The van der Waals surface area contributed by atoms with Gasteiger partial charge in [-0.05, 0) is 33.9 Å². The van der Waals surface area contributed by atoms with Crippen molar-refractivity contribution in [3.8, 4) is 0 Å². The van der Waals surface area contributed by atoms with Gasteiger partial charge in [0, 0.05) is 32.9 Å². The lowest BCUT2D eigenvalue weighted by Crippen LogP contribution is -2.33. The molecule has 1 rings (SSSR count). The van der Waals surface area contributed by atoms with Crippen molar-refractivity contribution in [2.24, 2.45) is 0 Å². The summed E-state index contributed by atoms with van der Waals surface area (Å²) >= 11 is 0. The lowest BCUT2D eigenvalue weighted by Gasteiger charge is -2.27. The fraction of sp³-hybridized carbons (Fsp3) is 0.684. The molecule has 0 aliphatic carbocycles. The first-order valence-electron chi connectivity index (χ1n) is 9.33. The van der Waals surface area contributed by atoms with Crippen LogP contribution < -0.4 is 0 Å². The molecule has 0 aromatic rings.